The number of benzene rings is 2. The Morgan fingerprint density at radius 2 is 1.48 bits per heavy atom. The molecule has 5 nitrogen and oxygen atoms in total. The number of aromatic nitrogens is 3. The van der Waals surface area contributed by atoms with Crippen LogP contribution in [0.5, 0.6) is 0 Å². The molecule has 5 heteroatoms. The van der Waals surface area contributed by atoms with Crippen LogP contribution in [0.15, 0.2) is 60.7 Å². The third-order valence-corrected chi connectivity index (χ3v) is 4.20. The normalized spacial score (nSPS) is 14.5. The average Bonchev–Trinajstić information content (AvgIpc) is 2.70. The summed E-state index contributed by atoms with van der Waals surface area (Å²) in [5.41, 5.74) is 2.20. The lowest BCUT2D eigenvalue weighted by Crippen LogP contribution is -2.37. The summed E-state index contributed by atoms with van der Waals surface area (Å²) in [5.74, 6) is 2.26. The minimum atomic E-state index is 0.695. The first-order valence-corrected chi connectivity index (χ1v) is 8.55. The Bertz CT molecular complexity index is 818. The third-order valence-electron chi connectivity index (χ3n) is 4.20. The van der Waals surface area contributed by atoms with Crippen molar-refractivity contribution in [1.82, 2.24) is 15.0 Å². The van der Waals surface area contributed by atoms with Crippen LogP contribution in [0.3, 0.4) is 0 Å². The highest BCUT2D eigenvalue weighted by Crippen LogP contribution is 2.19. The second-order valence-corrected chi connectivity index (χ2v) is 6.00. The molecule has 1 aliphatic rings. The first kappa shape index (κ1) is 15.7. The Hall–Kier alpha value is -2.79. The summed E-state index contributed by atoms with van der Waals surface area (Å²) in [4.78, 5) is 16.3. The van der Waals surface area contributed by atoms with E-state index in [0.717, 1.165) is 36.3 Å². The standard InChI is InChI=1S/C20H20N4O/c1-3-7-16(8-4-1)15-18-21-19(17-9-5-2-6-10-17)23-20(22-18)24-11-13-25-14-12-24/h1-10H,11-15H2. The third kappa shape index (κ3) is 3.83. The summed E-state index contributed by atoms with van der Waals surface area (Å²) < 4.78 is 5.45. The molecule has 0 atom stereocenters. The quantitative estimate of drug-likeness (QED) is 0.735. The van der Waals surface area contributed by atoms with Gasteiger partial charge in [-0.1, -0.05) is 60.7 Å². The maximum Gasteiger partial charge on any atom is 0.229 e. The van der Waals surface area contributed by atoms with E-state index in [1.807, 2.05) is 48.5 Å². The van der Waals surface area contributed by atoms with Gasteiger partial charge in [0.2, 0.25) is 5.95 Å². The van der Waals surface area contributed by atoms with E-state index in [1.54, 1.807) is 0 Å². The van der Waals surface area contributed by atoms with Crippen molar-refractivity contribution in [1.29, 1.82) is 0 Å². The molecule has 0 saturated carbocycles. The second-order valence-electron chi connectivity index (χ2n) is 6.00. The Labute approximate surface area is 147 Å². The largest absolute Gasteiger partial charge is 0.378 e. The molecule has 0 radical (unpaired) electrons. The summed E-state index contributed by atoms with van der Waals surface area (Å²) in [6, 6.07) is 20.4. The highest BCUT2D eigenvalue weighted by molar-refractivity contribution is 5.56. The average molecular weight is 332 g/mol. The zero-order valence-corrected chi connectivity index (χ0v) is 14.0. The highest BCUT2D eigenvalue weighted by atomic mass is 16.5. The Morgan fingerprint density at radius 1 is 0.800 bits per heavy atom. The molecule has 1 aliphatic heterocycles. The van der Waals surface area contributed by atoms with E-state index in [4.69, 9.17) is 19.7 Å². The molecule has 2 heterocycles. The first-order chi connectivity index (χ1) is 12.4. The van der Waals surface area contributed by atoms with Crippen LogP contribution in [0, 0.1) is 0 Å². The summed E-state index contributed by atoms with van der Waals surface area (Å²) in [6.07, 6.45) is 0.695. The van der Waals surface area contributed by atoms with Crippen molar-refractivity contribution in [2.45, 2.75) is 6.42 Å². The van der Waals surface area contributed by atoms with Crippen LogP contribution in [0.4, 0.5) is 5.95 Å². The predicted molar refractivity (Wildman–Crippen MR) is 97.5 cm³/mol. The van der Waals surface area contributed by atoms with Gasteiger partial charge in [0.25, 0.3) is 0 Å². The van der Waals surface area contributed by atoms with Gasteiger partial charge >= 0.3 is 0 Å². The van der Waals surface area contributed by atoms with E-state index in [0.29, 0.717) is 19.6 Å². The summed E-state index contributed by atoms with van der Waals surface area (Å²) >= 11 is 0. The van der Waals surface area contributed by atoms with E-state index in [-0.39, 0.29) is 0 Å². The van der Waals surface area contributed by atoms with Gasteiger partial charge in [0.15, 0.2) is 5.82 Å². The SMILES string of the molecule is c1ccc(Cc2nc(-c3ccccc3)nc(N3CCOCC3)n2)cc1. The summed E-state index contributed by atoms with van der Waals surface area (Å²) in [7, 11) is 0. The molecule has 0 amide bonds. The van der Waals surface area contributed by atoms with Crippen molar-refractivity contribution in [3.05, 3.63) is 72.1 Å². The van der Waals surface area contributed by atoms with Gasteiger partial charge in [-0.3, -0.25) is 0 Å². The number of nitrogens with zero attached hydrogens (tertiary/aromatic N) is 4. The van der Waals surface area contributed by atoms with Gasteiger partial charge in [-0.2, -0.15) is 9.97 Å². The molecule has 2 aromatic carbocycles. The van der Waals surface area contributed by atoms with E-state index in [9.17, 15) is 0 Å². The lowest BCUT2D eigenvalue weighted by Gasteiger charge is -2.27. The van der Waals surface area contributed by atoms with E-state index in [1.165, 1.54) is 5.56 Å². The van der Waals surface area contributed by atoms with Crippen LogP contribution in [-0.2, 0) is 11.2 Å². The lowest BCUT2D eigenvalue weighted by atomic mass is 10.1. The molecule has 0 aliphatic carbocycles. The Kier molecular flexibility index (Phi) is 4.65. The van der Waals surface area contributed by atoms with Crippen molar-refractivity contribution < 1.29 is 4.74 Å². The molecular weight excluding hydrogens is 312 g/mol. The maximum absolute atomic E-state index is 5.45. The molecule has 1 fully saturated rings. The number of morpholine rings is 1. The number of ether oxygens (including phenoxy) is 1. The van der Waals surface area contributed by atoms with Gasteiger partial charge in [0.05, 0.1) is 13.2 Å². The monoisotopic (exact) mass is 332 g/mol. The lowest BCUT2D eigenvalue weighted by molar-refractivity contribution is 0.122. The molecule has 3 aromatic rings. The molecule has 0 bridgehead atoms. The fraction of sp³-hybridized carbons (Fsp3) is 0.250. The Balaban J connectivity index is 1.72. The first-order valence-electron chi connectivity index (χ1n) is 8.55. The molecular formula is C20H20N4O. The van der Waals surface area contributed by atoms with Crippen molar-refractivity contribution in [3.63, 3.8) is 0 Å². The molecule has 0 unspecified atom stereocenters. The minimum Gasteiger partial charge on any atom is -0.378 e. The summed E-state index contributed by atoms with van der Waals surface area (Å²) in [5, 5.41) is 0. The molecule has 4 rings (SSSR count). The topological polar surface area (TPSA) is 51.1 Å². The van der Waals surface area contributed by atoms with Gasteiger partial charge in [-0.05, 0) is 5.56 Å². The van der Waals surface area contributed by atoms with E-state index >= 15 is 0 Å². The fourth-order valence-corrected chi connectivity index (χ4v) is 2.89. The predicted octanol–water partition coefficient (Wildman–Crippen LogP) is 2.97. The number of rotatable bonds is 4. The molecule has 1 aromatic heterocycles. The van der Waals surface area contributed by atoms with Crippen molar-refractivity contribution >= 4 is 5.95 Å². The number of hydrogen-bond donors (Lipinski definition) is 0. The molecule has 25 heavy (non-hydrogen) atoms. The van der Waals surface area contributed by atoms with Gasteiger partial charge in [-0.15, -0.1) is 0 Å². The van der Waals surface area contributed by atoms with E-state index < -0.39 is 0 Å². The number of anilines is 1. The maximum atomic E-state index is 5.45. The second kappa shape index (κ2) is 7.40. The minimum absolute atomic E-state index is 0.695. The van der Waals surface area contributed by atoms with Crippen molar-refractivity contribution in [2.24, 2.45) is 0 Å². The van der Waals surface area contributed by atoms with Crippen LogP contribution < -0.4 is 4.90 Å². The van der Waals surface area contributed by atoms with Gasteiger partial charge < -0.3 is 9.64 Å². The van der Waals surface area contributed by atoms with Crippen LogP contribution in [0.2, 0.25) is 0 Å². The molecule has 0 spiro atoms. The van der Waals surface area contributed by atoms with Gasteiger partial charge in [0, 0.05) is 25.1 Å². The molecule has 1 saturated heterocycles. The van der Waals surface area contributed by atoms with Crippen LogP contribution in [0.1, 0.15) is 11.4 Å². The van der Waals surface area contributed by atoms with Crippen LogP contribution in [-0.4, -0.2) is 41.3 Å². The Morgan fingerprint density at radius 3 is 2.20 bits per heavy atom. The zero-order valence-electron chi connectivity index (χ0n) is 14.0. The van der Waals surface area contributed by atoms with Crippen molar-refractivity contribution in [2.75, 3.05) is 31.2 Å². The molecule has 0 N–H and O–H groups in total. The van der Waals surface area contributed by atoms with Gasteiger partial charge in [0.1, 0.15) is 5.82 Å². The van der Waals surface area contributed by atoms with Crippen LogP contribution >= 0.6 is 0 Å². The van der Waals surface area contributed by atoms with E-state index in [2.05, 4.69) is 17.0 Å². The summed E-state index contributed by atoms with van der Waals surface area (Å²) in [6.45, 7) is 3.03. The number of hydrogen-bond acceptors (Lipinski definition) is 5. The fourth-order valence-electron chi connectivity index (χ4n) is 2.89. The molecule has 126 valence electrons. The zero-order chi connectivity index (χ0) is 16.9. The van der Waals surface area contributed by atoms with Gasteiger partial charge in [-0.25, -0.2) is 4.98 Å². The van der Waals surface area contributed by atoms with Crippen molar-refractivity contribution in [3.8, 4) is 11.4 Å². The smallest absolute Gasteiger partial charge is 0.229 e. The highest BCUT2D eigenvalue weighted by Gasteiger charge is 2.17. The van der Waals surface area contributed by atoms with Crippen LogP contribution in [0.25, 0.3) is 11.4 Å².